The molecule has 2 aromatic rings. The normalized spacial score (nSPS) is 10.9. The van der Waals surface area contributed by atoms with Gasteiger partial charge in [0.2, 0.25) is 0 Å². The minimum atomic E-state index is 0.0920. The third-order valence-electron chi connectivity index (χ3n) is 2.01. The summed E-state index contributed by atoms with van der Waals surface area (Å²) in [5, 5.41) is 17.5. The molecule has 0 unspecified atom stereocenters. The molecular weight excluding hydrogens is 220 g/mol. The first-order valence-corrected chi connectivity index (χ1v) is 5.14. The molecule has 1 aromatic heterocycles. The van der Waals surface area contributed by atoms with Gasteiger partial charge < -0.3 is 9.84 Å². The summed E-state index contributed by atoms with van der Waals surface area (Å²) < 4.78 is 5.22. The van der Waals surface area contributed by atoms with Crippen molar-refractivity contribution in [1.82, 2.24) is 14.9 Å². The van der Waals surface area contributed by atoms with Crippen molar-refractivity contribution in [2.75, 3.05) is 6.61 Å². The highest BCUT2D eigenvalue weighted by Crippen LogP contribution is 2.25. The Labute approximate surface area is 98.2 Å². The van der Waals surface area contributed by atoms with Crippen molar-refractivity contribution in [2.24, 2.45) is 5.10 Å². The van der Waals surface area contributed by atoms with Gasteiger partial charge in [-0.3, -0.25) is 0 Å². The Balaban J connectivity index is 2.15. The van der Waals surface area contributed by atoms with E-state index in [0.29, 0.717) is 12.4 Å². The van der Waals surface area contributed by atoms with Gasteiger partial charge in [-0.15, -0.1) is 9.89 Å². The van der Waals surface area contributed by atoms with E-state index in [9.17, 15) is 5.11 Å². The Morgan fingerprint density at radius 2 is 2.41 bits per heavy atom. The Morgan fingerprint density at radius 3 is 3.06 bits per heavy atom. The van der Waals surface area contributed by atoms with Crippen LogP contribution in [0.15, 0.2) is 36.0 Å². The topological polar surface area (TPSA) is 72.5 Å². The van der Waals surface area contributed by atoms with Crippen molar-refractivity contribution in [3.63, 3.8) is 0 Å². The van der Waals surface area contributed by atoms with Crippen LogP contribution in [-0.4, -0.2) is 32.8 Å². The van der Waals surface area contributed by atoms with E-state index in [4.69, 9.17) is 4.74 Å². The quantitative estimate of drug-likeness (QED) is 0.805. The number of nitrogens with zero attached hydrogens (tertiary/aromatic N) is 4. The standard InChI is InChI=1S/C11H12N4O2/c1-2-17-11-4-3-9(5-10(11)16)6-13-15-8-12-7-14-15/h3-8,16H,2H2,1H3. The van der Waals surface area contributed by atoms with Gasteiger partial charge in [-0.05, 0) is 30.7 Å². The van der Waals surface area contributed by atoms with Crippen molar-refractivity contribution in [3.05, 3.63) is 36.4 Å². The van der Waals surface area contributed by atoms with Gasteiger partial charge in [0.1, 0.15) is 12.7 Å². The fraction of sp³-hybridized carbons (Fsp3) is 0.182. The van der Waals surface area contributed by atoms with Crippen LogP contribution in [0.25, 0.3) is 0 Å². The Hall–Kier alpha value is -2.37. The monoisotopic (exact) mass is 232 g/mol. The van der Waals surface area contributed by atoms with Crippen LogP contribution in [0.2, 0.25) is 0 Å². The maximum absolute atomic E-state index is 9.66. The lowest BCUT2D eigenvalue weighted by Gasteiger charge is -2.05. The third-order valence-corrected chi connectivity index (χ3v) is 2.01. The van der Waals surface area contributed by atoms with E-state index >= 15 is 0 Å². The largest absolute Gasteiger partial charge is 0.504 e. The summed E-state index contributed by atoms with van der Waals surface area (Å²) in [5.41, 5.74) is 0.751. The zero-order valence-corrected chi connectivity index (χ0v) is 9.32. The van der Waals surface area contributed by atoms with E-state index in [-0.39, 0.29) is 5.75 Å². The number of hydrogen-bond acceptors (Lipinski definition) is 5. The molecule has 1 aromatic carbocycles. The second-order valence-electron chi connectivity index (χ2n) is 3.22. The number of ether oxygens (including phenoxy) is 1. The van der Waals surface area contributed by atoms with E-state index in [1.54, 1.807) is 24.4 Å². The molecule has 0 radical (unpaired) electrons. The van der Waals surface area contributed by atoms with Gasteiger partial charge in [-0.2, -0.15) is 5.10 Å². The van der Waals surface area contributed by atoms with Crippen molar-refractivity contribution in [1.29, 1.82) is 0 Å². The highest BCUT2D eigenvalue weighted by Gasteiger charge is 2.01. The second kappa shape index (κ2) is 5.11. The average molecular weight is 232 g/mol. The summed E-state index contributed by atoms with van der Waals surface area (Å²) in [4.78, 5) is 5.09. The highest BCUT2D eigenvalue weighted by atomic mass is 16.5. The van der Waals surface area contributed by atoms with Crippen molar-refractivity contribution in [2.45, 2.75) is 6.92 Å². The number of phenols is 1. The molecular formula is C11H12N4O2. The first kappa shape index (κ1) is 11.1. The van der Waals surface area contributed by atoms with Crippen LogP contribution >= 0.6 is 0 Å². The number of aromatic nitrogens is 3. The van der Waals surface area contributed by atoms with Crippen molar-refractivity contribution < 1.29 is 9.84 Å². The van der Waals surface area contributed by atoms with E-state index < -0.39 is 0 Å². The molecule has 0 saturated carbocycles. The van der Waals surface area contributed by atoms with Crippen LogP contribution in [0.3, 0.4) is 0 Å². The van der Waals surface area contributed by atoms with Gasteiger partial charge >= 0.3 is 0 Å². The van der Waals surface area contributed by atoms with Crippen LogP contribution in [0, 0.1) is 0 Å². The van der Waals surface area contributed by atoms with Crippen LogP contribution in [0.1, 0.15) is 12.5 Å². The lowest BCUT2D eigenvalue weighted by molar-refractivity contribution is 0.318. The molecule has 2 rings (SSSR count). The minimum absolute atomic E-state index is 0.0920. The molecule has 0 aliphatic heterocycles. The number of aromatic hydroxyl groups is 1. The molecule has 6 heteroatoms. The van der Waals surface area contributed by atoms with Gasteiger partial charge in [0.15, 0.2) is 11.5 Å². The van der Waals surface area contributed by atoms with E-state index in [1.807, 2.05) is 6.92 Å². The molecule has 0 aliphatic rings. The zero-order valence-electron chi connectivity index (χ0n) is 9.32. The smallest absolute Gasteiger partial charge is 0.160 e. The number of rotatable bonds is 4. The Kier molecular flexibility index (Phi) is 3.34. The van der Waals surface area contributed by atoms with Gasteiger partial charge in [-0.1, -0.05) is 0 Å². The van der Waals surface area contributed by atoms with Gasteiger partial charge in [-0.25, -0.2) is 4.98 Å². The summed E-state index contributed by atoms with van der Waals surface area (Å²) in [6.07, 6.45) is 4.45. The molecule has 0 fully saturated rings. The van der Waals surface area contributed by atoms with E-state index in [0.717, 1.165) is 5.56 Å². The third kappa shape index (κ3) is 2.81. The SMILES string of the molecule is CCOc1ccc(C=Nn2cncn2)cc1O. The zero-order chi connectivity index (χ0) is 12.1. The molecule has 0 spiro atoms. The second-order valence-corrected chi connectivity index (χ2v) is 3.22. The highest BCUT2D eigenvalue weighted by molar-refractivity contribution is 5.80. The van der Waals surface area contributed by atoms with Crippen LogP contribution in [-0.2, 0) is 0 Å². The minimum Gasteiger partial charge on any atom is -0.504 e. The molecule has 88 valence electrons. The summed E-state index contributed by atoms with van der Waals surface area (Å²) in [6, 6.07) is 5.07. The van der Waals surface area contributed by atoms with E-state index in [2.05, 4.69) is 15.2 Å². The lowest BCUT2D eigenvalue weighted by Crippen LogP contribution is -1.93. The predicted octanol–water partition coefficient (Wildman–Crippen LogP) is 1.26. The summed E-state index contributed by atoms with van der Waals surface area (Å²) in [6.45, 7) is 2.37. The van der Waals surface area contributed by atoms with Gasteiger partial charge in [0.05, 0.1) is 12.8 Å². The number of hydrogen-bond donors (Lipinski definition) is 1. The van der Waals surface area contributed by atoms with Crippen LogP contribution in [0.5, 0.6) is 11.5 Å². The van der Waals surface area contributed by atoms with Crippen molar-refractivity contribution >= 4 is 6.21 Å². The number of phenolic OH excluding ortho intramolecular Hbond substituents is 1. The summed E-state index contributed by atoms with van der Waals surface area (Å²) >= 11 is 0. The van der Waals surface area contributed by atoms with Crippen LogP contribution in [0.4, 0.5) is 0 Å². The molecule has 0 atom stereocenters. The summed E-state index contributed by atoms with van der Waals surface area (Å²) in [7, 11) is 0. The first-order valence-electron chi connectivity index (χ1n) is 5.14. The summed E-state index contributed by atoms with van der Waals surface area (Å²) in [5.74, 6) is 0.555. The maximum atomic E-state index is 9.66. The number of benzene rings is 1. The lowest BCUT2D eigenvalue weighted by atomic mass is 10.2. The molecule has 1 N–H and O–H groups in total. The molecule has 0 bridgehead atoms. The van der Waals surface area contributed by atoms with Crippen molar-refractivity contribution in [3.8, 4) is 11.5 Å². The fourth-order valence-corrected chi connectivity index (χ4v) is 1.28. The van der Waals surface area contributed by atoms with Gasteiger partial charge in [0, 0.05) is 0 Å². The molecule has 17 heavy (non-hydrogen) atoms. The van der Waals surface area contributed by atoms with Crippen LogP contribution < -0.4 is 4.74 Å². The predicted molar refractivity (Wildman–Crippen MR) is 62.3 cm³/mol. The fourth-order valence-electron chi connectivity index (χ4n) is 1.28. The molecule has 0 amide bonds. The Bertz CT molecular complexity index is 508. The van der Waals surface area contributed by atoms with Gasteiger partial charge in [0.25, 0.3) is 0 Å². The molecule has 1 heterocycles. The first-order chi connectivity index (χ1) is 8.29. The Morgan fingerprint density at radius 1 is 1.53 bits per heavy atom. The maximum Gasteiger partial charge on any atom is 0.160 e. The molecule has 6 nitrogen and oxygen atoms in total. The molecule has 0 aliphatic carbocycles. The average Bonchev–Trinajstić information content (AvgIpc) is 2.83. The molecule has 0 saturated heterocycles. The van der Waals surface area contributed by atoms with E-state index in [1.165, 1.54) is 17.4 Å².